The number of benzene rings is 1. The van der Waals surface area contributed by atoms with E-state index in [1.165, 1.54) is 29.1 Å². The Kier molecular flexibility index (Phi) is 4.60. The first kappa shape index (κ1) is 18.2. The molecule has 0 aliphatic carbocycles. The van der Waals surface area contributed by atoms with Crippen LogP contribution in [0.5, 0.6) is 0 Å². The number of aromatic amines is 1. The van der Waals surface area contributed by atoms with Crippen LogP contribution >= 0.6 is 15.9 Å². The summed E-state index contributed by atoms with van der Waals surface area (Å²) in [5.74, 6) is -1.10. The highest BCUT2D eigenvalue weighted by Crippen LogP contribution is 2.23. The number of nitrogens with one attached hydrogen (secondary N) is 1. The Labute approximate surface area is 153 Å². The van der Waals surface area contributed by atoms with Crippen LogP contribution in [0.1, 0.15) is 5.69 Å². The zero-order valence-corrected chi connectivity index (χ0v) is 15.2. The molecule has 2 aromatic heterocycles. The summed E-state index contributed by atoms with van der Waals surface area (Å²) in [5, 5.41) is 12.8. The van der Waals surface area contributed by atoms with Crippen LogP contribution in [0.15, 0.2) is 49.6 Å². The molecule has 3 N–H and O–H groups in total. The van der Waals surface area contributed by atoms with E-state index in [4.69, 9.17) is 5.14 Å². The largest absolute Gasteiger partial charge is 0.328 e. The highest BCUT2D eigenvalue weighted by molar-refractivity contribution is 9.10. The van der Waals surface area contributed by atoms with Gasteiger partial charge in [-0.1, -0.05) is 5.21 Å². The summed E-state index contributed by atoms with van der Waals surface area (Å²) < 4.78 is 38.7. The first-order valence-electron chi connectivity index (χ1n) is 6.88. The third kappa shape index (κ3) is 3.63. The van der Waals surface area contributed by atoms with Crippen molar-refractivity contribution in [1.29, 1.82) is 0 Å². The maximum atomic E-state index is 13.3. The normalized spacial score (nSPS) is 11.7. The molecule has 0 spiro atoms. The fourth-order valence-corrected chi connectivity index (χ4v) is 3.37. The lowest BCUT2D eigenvalue weighted by atomic mass is 10.3. The number of hydrogen-bond donors (Lipinski definition) is 2. The van der Waals surface area contributed by atoms with E-state index < -0.39 is 27.1 Å². The first-order valence-corrected chi connectivity index (χ1v) is 9.22. The maximum Gasteiger partial charge on any atom is 0.328 e. The van der Waals surface area contributed by atoms with Crippen LogP contribution in [0.3, 0.4) is 0 Å². The van der Waals surface area contributed by atoms with Gasteiger partial charge in [-0.3, -0.25) is 14.3 Å². The van der Waals surface area contributed by atoms with E-state index in [2.05, 4.69) is 26.2 Å². The van der Waals surface area contributed by atoms with Crippen molar-refractivity contribution >= 4 is 26.0 Å². The Bertz CT molecular complexity index is 1220. The fourth-order valence-electron chi connectivity index (χ4n) is 2.11. The Morgan fingerprint density at radius 2 is 2.00 bits per heavy atom. The average molecular weight is 445 g/mol. The van der Waals surface area contributed by atoms with Crippen molar-refractivity contribution in [1.82, 2.24) is 24.5 Å². The van der Waals surface area contributed by atoms with Gasteiger partial charge in [-0.05, 0) is 34.1 Å². The zero-order valence-electron chi connectivity index (χ0n) is 12.8. The molecule has 0 atom stereocenters. The first-order chi connectivity index (χ1) is 12.1. The lowest BCUT2D eigenvalue weighted by molar-refractivity contribution is 0.563. The number of hydrogen-bond acceptors (Lipinski definition) is 6. The zero-order chi connectivity index (χ0) is 19.1. The predicted octanol–water partition coefficient (Wildman–Crippen LogP) is -0.285. The van der Waals surface area contributed by atoms with E-state index >= 15 is 0 Å². The van der Waals surface area contributed by atoms with Crippen molar-refractivity contribution in [3.8, 4) is 5.69 Å². The summed E-state index contributed by atoms with van der Waals surface area (Å²) in [4.78, 5) is 24.5. The average Bonchev–Trinajstić information content (AvgIpc) is 3.00. The fraction of sp³-hybridized carbons (Fsp3) is 0.0769. The Balaban J connectivity index is 1.93. The van der Waals surface area contributed by atoms with Gasteiger partial charge in [0.2, 0.25) is 15.8 Å². The molecule has 0 aliphatic heterocycles. The van der Waals surface area contributed by atoms with Crippen LogP contribution in [-0.4, -0.2) is 33.0 Å². The minimum absolute atomic E-state index is 0.0799. The van der Waals surface area contributed by atoms with Gasteiger partial charge in [0.15, 0.2) is 0 Å². The van der Waals surface area contributed by atoms with E-state index in [-0.39, 0.29) is 11.4 Å². The van der Waals surface area contributed by atoms with Crippen LogP contribution in [0.2, 0.25) is 0 Å². The van der Waals surface area contributed by atoms with Crippen LogP contribution in [0, 0.1) is 5.82 Å². The van der Waals surface area contributed by atoms with Gasteiger partial charge in [-0.2, -0.15) is 4.39 Å². The smallest absolute Gasteiger partial charge is 0.292 e. The van der Waals surface area contributed by atoms with Crippen molar-refractivity contribution in [2.75, 3.05) is 0 Å². The quantitative estimate of drug-likeness (QED) is 0.565. The molecule has 3 rings (SSSR count). The van der Waals surface area contributed by atoms with Gasteiger partial charge in [0.1, 0.15) is 5.69 Å². The standard InChI is InChI=1S/C13H10BrFN6O4S/c14-9-3-8(26(16,24)25)1-2-11(9)21-5-7(18-19-21)4-20-6-10(15)12(22)17-13(20)23/h1-3,5-6H,4H2,(H2,16,24,25)(H,17,22,23). The predicted molar refractivity (Wildman–Crippen MR) is 90.8 cm³/mol. The maximum absolute atomic E-state index is 13.3. The number of sulfonamides is 1. The van der Waals surface area contributed by atoms with Gasteiger partial charge >= 0.3 is 5.69 Å². The molecule has 0 fully saturated rings. The summed E-state index contributed by atoms with van der Waals surface area (Å²) in [5.41, 5.74) is -1.12. The van der Waals surface area contributed by atoms with Gasteiger partial charge in [0.05, 0.1) is 29.5 Å². The summed E-state index contributed by atoms with van der Waals surface area (Å²) in [6, 6.07) is 4.08. The Morgan fingerprint density at radius 3 is 2.65 bits per heavy atom. The van der Waals surface area contributed by atoms with Crippen LogP contribution in [0.4, 0.5) is 4.39 Å². The van der Waals surface area contributed by atoms with Crippen LogP contribution < -0.4 is 16.4 Å². The minimum atomic E-state index is -3.85. The molecule has 13 heteroatoms. The topological polar surface area (TPSA) is 146 Å². The van der Waals surface area contributed by atoms with Gasteiger partial charge in [-0.25, -0.2) is 23.0 Å². The number of nitrogens with zero attached hydrogens (tertiary/aromatic N) is 4. The third-order valence-electron chi connectivity index (χ3n) is 3.34. The molecule has 136 valence electrons. The Hall–Kier alpha value is -2.64. The van der Waals surface area contributed by atoms with Crippen LogP contribution in [0.25, 0.3) is 5.69 Å². The van der Waals surface area contributed by atoms with Crippen molar-refractivity contribution in [3.05, 3.63) is 67.4 Å². The van der Waals surface area contributed by atoms with Gasteiger partial charge in [-0.15, -0.1) is 5.10 Å². The molecule has 0 aliphatic rings. The van der Waals surface area contributed by atoms with E-state index in [0.717, 1.165) is 10.8 Å². The molecular weight excluding hydrogens is 435 g/mol. The third-order valence-corrected chi connectivity index (χ3v) is 4.88. The molecular formula is C13H10BrFN6O4S. The molecule has 0 saturated heterocycles. The lowest BCUT2D eigenvalue weighted by Gasteiger charge is -2.05. The highest BCUT2D eigenvalue weighted by atomic mass is 79.9. The van der Waals surface area contributed by atoms with Crippen molar-refractivity contribution < 1.29 is 12.8 Å². The molecule has 0 unspecified atom stereocenters. The monoisotopic (exact) mass is 444 g/mol. The molecule has 26 heavy (non-hydrogen) atoms. The number of nitrogens with two attached hydrogens (primary N) is 1. The van der Waals surface area contributed by atoms with E-state index in [1.807, 2.05) is 4.98 Å². The van der Waals surface area contributed by atoms with Crippen LogP contribution in [-0.2, 0) is 16.6 Å². The Morgan fingerprint density at radius 1 is 1.27 bits per heavy atom. The number of rotatable bonds is 4. The van der Waals surface area contributed by atoms with E-state index in [9.17, 15) is 22.4 Å². The number of halogens is 2. The SMILES string of the molecule is NS(=O)(=O)c1ccc(-n2cc(Cn3cc(F)c(=O)[nH]c3=O)nn2)c(Br)c1. The number of primary sulfonamides is 1. The number of aromatic nitrogens is 5. The molecule has 3 aromatic rings. The van der Waals surface area contributed by atoms with Gasteiger partial charge < -0.3 is 0 Å². The molecule has 0 radical (unpaired) electrons. The summed E-state index contributed by atoms with van der Waals surface area (Å²) in [6.07, 6.45) is 2.24. The molecule has 0 bridgehead atoms. The van der Waals surface area contributed by atoms with E-state index in [1.54, 1.807) is 0 Å². The van der Waals surface area contributed by atoms with E-state index in [0.29, 0.717) is 15.9 Å². The summed E-state index contributed by atoms with van der Waals surface area (Å²) >= 11 is 3.23. The second-order valence-corrected chi connectivity index (χ2v) is 7.59. The number of H-pyrrole nitrogens is 1. The molecule has 1 aromatic carbocycles. The minimum Gasteiger partial charge on any atom is -0.292 e. The summed E-state index contributed by atoms with van der Waals surface area (Å²) in [6.45, 7) is -0.126. The van der Waals surface area contributed by atoms with Gasteiger partial charge in [0.25, 0.3) is 5.56 Å². The molecule has 0 amide bonds. The second-order valence-electron chi connectivity index (χ2n) is 5.18. The highest BCUT2D eigenvalue weighted by Gasteiger charge is 2.13. The van der Waals surface area contributed by atoms with Gasteiger partial charge in [0, 0.05) is 4.47 Å². The second kappa shape index (κ2) is 6.59. The molecule has 10 nitrogen and oxygen atoms in total. The van der Waals surface area contributed by atoms with Crippen molar-refractivity contribution in [3.63, 3.8) is 0 Å². The molecule has 2 heterocycles. The molecule has 0 saturated carbocycles. The summed E-state index contributed by atoms with van der Waals surface area (Å²) in [7, 11) is -3.85. The van der Waals surface area contributed by atoms with Crippen molar-refractivity contribution in [2.45, 2.75) is 11.4 Å². The van der Waals surface area contributed by atoms with Crippen molar-refractivity contribution in [2.24, 2.45) is 5.14 Å². The lowest BCUT2D eigenvalue weighted by Crippen LogP contribution is -2.31.